The predicted octanol–water partition coefficient (Wildman–Crippen LogP) is 2.26. The molecule has 2 nitrogen and oxygen atoms in total. The zero-order valence-corrected chi connectivity index (χ0v) is 8.59. The van der Waals surface area contributed by atoms with E-state index in [0.29, 0.717) is 0 Å². The molecular formula is C11H21NO. The van der Waals surface area contributed by atoms with Crippen molar-refractivity contribution in [3.05, 3.63) is 24.3 Å². The second-order valence-corrected chi connectivity index (χ2v) is 3.05. The third-order valence-electron chi connectivity index (χ3n) is 1.84. The van der Waals surface area contributed by atoms with Gasteiger partial charge in [-0.05, 0) is 37.8 Å². The highest BCUT2D eigenvalue weighted by Crippen LogP contribution is 2.07. The molecule has 0 aromatic carbocycles. The summed E-state index contributed by atoms with van der Waals surface area (Å²) in [5, 5.41) is 0. The lowest BCUT2D eigenvalue weighted by Gasteiger charge is -2.04. The van der Waals surface area contributed by atoms with Gasteiger partial charge in [0.15, 0.2) is 0 Å². The van der Waals surface area contributed by atoms with Crippen LogP contribution in [-0.2, 0) is 4.74 Å². The number of unbranched alkanes of at least 4 members (excludes halogenated alkanes) is 1. The topological polar surface area (TPSA) is 35.2 Å². The van der Waals surface area contributed by atoms with Crippen LogP contribution in [0.3, 0.4) is 0 Å². The molecule has 2 heteroatoms. The normalized spacial score (nSPS) is 11.7. The first-order chi connectivity index (χ1) is 6.35. The van der Waals surface area contributed by atoms with Crippen molar-refractivity contribution >= 4 is 0 Å². The van der Waals surface area contributed by atoms with Crippen molar-refractivity contribution in [2.75, 3.05) is 20.3 Å². The van der Waals surface area contributed by atoms with E-state index in [1.54, 1.807) is 7.11 Å². The highest BCUT2D eigenvalue weighted by molar-refractivity contribution is 5.03. The molecule has 0 fully saturated rings. The zero-order chi connectivity index (χ0) is 9.94. The van der Waals surface area contributed by atoms with E-state index in [2.05, 4.69) is 12.7 Å². The largest absolute Gasteiger partial charge is 0.380 e. The standard InChI is InChI=1S/C11H21NO/c1-3-4-5-7-11(10-13-2)8-6-9-12/h3,7H,1,4-6,8-10,12H2,2H3/b11-7+. The van der Waals surface area contributed by atoms with Crippen LogP contribution in [0.5, 0.6) is 0 Å². The molecule has 0 rings (SSSR count). The highest BCUT2D eigenvalue weighted by Gasteiger charge is 1.95. The monoisotopic (exact) mass is 183 g/mol. The van der Waals surface area contributed by atoms with Crippen molar-refractivity contribution in [1.82, 2.24) is 0 Å². The van der Waals surface area contributed by atoms with Crippen LogP contribution in [0.25, 0.3) is 0 Å². The molecule has 0 saturated carbocycles. The minimum atomic E-state index is 0.733. The summed E-state index contributed by atoms with van der Waals surface area (Å²) in [6.07, 6.45) is 8.37. The van der Waals surface area contributed by atoms with Crippen LogP contribution in [0.1, 0.15) is 25.7 Å². The van der Waals surface area contributed by atoms with Gasteiger partial charge >= 0.3 is 0 Å². The average molecular weight is 183 g/mol. The van der Waals surface area contributed by atoms with Gasteiger partial charge in [0.2, 0.25) is 0 Å². The van der Waals surface area contributed by atoms with Crippen molar-refractivity contribution in [2.24, 2.45) is 5.73 Å². The summed E-state index contributed by atoms with van der Waals surface area (Å²) in [5.74, 6) is 0. The molecule has 0 aromatic heterocycles. The molecule has 0 saturated heterocycles. The van der Waals surface area contributed by atoms with Gasteiger partial charge in [-0.15, -0.1) is 6.58 Å². The molecule has 0 heterocycles. The van der Waals surface area contributed by atoms with E-state index in [1.165, 1.54) is 5.57 Å². The van der Waals surface area contributed by atoms with Gasteiger partial charge in [0.25, 0.3) is 0 Å². The summed E-state index contributed by atoms with van der Waals surface area (Å²) in [5.41, 5.74) is 6.80. The van der Waals surface area contributed by atoms with E-state index in [1.807, 2.05) is 6.08 Å². The van der Waals surface area contributed by atoms with Crippen LogP contribution in [0.2, 0.25) is 0 Å². The fourth-order valence-corrected chi connectivity index (χ4v) is 1.15. The van der Waals surface area contributed by atoms with Gasteiger partial charge in [0.05, 0.1) is 6.61 Å². The number of rotatable bonds is 8. The molecule has 2 N–H and O–H groups in total. The smallest absolute Gasteiger partial charge is 0.0673 e. The number of methoxy groups -OCH3 is 1. The summed E-state index contributed by atoms with van der Waals surface area (Å²) in [6, 6.07) is 0. The molecule has 13 heavy (non-hydrogen) atoms. The van der Waals surface area contributed by atoms with Crippen LogP contribution in [0.15, 0.2) is 24.3 Å². The summed E-state index contributed by atoms with van der Waals surface area (Å²) in [7, 11) is 1.73. The number of hydrogen-bond acceptors (Lipinski definition) is 2. The number of hydrogen-bond donors (Lipinski definition) is 1. The van der Waals surface area contributed by atoms with Gasteiger partial charge in [-0.1, -0.05) is 12.2 Å². The third kappa shape index (κ3) is 7.75. The minimum absolute atomic E-state index is 0.733. The van der Waals surface area contributed by atoms with Gasteiger partial charge in [-0.25, -0.2) is 0 Å². The maximum atomic E-state index is 5.44. The van der Waals surface area contributed by atoms with E-state index >= 15 is 0 Å². The SMILES string of the molecule is C=CCC/C=C(\CCCN)COC. The van der Waals surface area contributed by atoms with Gasteiger partial charge in [-0.3, -0.25) is 0 Å². The van der Waals surface area contributed by atoms with Crippen LogP contribution < -0.4 is 5.73 Å². The van der Waals surface area contributed by atoms with Crippen LogP contribution in [0, 0.1) is 0 Å². The summed E-state index contributed by atoms with van der Waals surface area (Å²) >= 11 is 0. The number of allylic oxidation sites excluding steroid dienone is 2. The molecule has 0 aromatic rings. The Balaban J connectivity index is 3.75. The van der Waals surface area contributed by atoms with E-state index < -0.39 is 0 Å². The molecule has 0 aliphatic rings. The first kappa shape index (κ1) is 12.4. The molecule has 0 aliphatic carbocycles. The van der Waals surface area contributed by atoms with E-state index in [9.17, 15) is 0 Å². The van der Waals surface area contributed by atoms with Crippen molar-refractivity contribution in [2.45, 2.75) is 25.7 Å². The molecule has 0 atom stereocenters. The summed E-state index contributed by atoms with van der Waals surface area (Å²) in [4.78, 5) is 0. The first-order valence-corrected chi connectivity index (χ1v) is 4.83. The Kier molecular flexibility index (Phi) is 9.05. The summed E-state index contributed by atoms with van der Waals surface area (Å²) < 4.78 is 5.10. The first-order valence-electron chi connectivity index (χ1n) is 4.83. The third-order valence-corrected chi connectivity index (χ3v) is 1.84. The molecule has 76 valence electrons. The Morgan fingerprint density at radius 1 is 1.46 bits per heavy atom. The lowest BCUT2D eigenvalue weighted by atomic mass is 10.1. The van der Waals surface area contributed by atoms with E-state index in [-0.39, 0.29) is 0 Å². The molecule has 0 aliphatic heterocycles. The average Bonchev–Trinajstić information content (AvgIpc) is 2.14. The Morgan fingerprint density at radius 2 is 2.23 bits per heavy atom. The van der Waals surface area contributed by atoms with Gasteiger partial charge in [0.1, 0.15) is 0 Å². The molecular weight excluding hydrogens is 162 g/mol. The zero-order valence-electron chi connectivity index (χ0n) is 8.59. The Morgan fingerprint density at radius 3 is 2.77 bits per heavy atom. The highest BCUT2D eigenvalue weighted by atomic mass is 16.5. The second-order valence-electron chi connectivity index (χ2n) is 3.05. The van der Waals surface area contributed by atoms with Gasteiger partial charge in [-0.2, -0.15) is 0 Å². The predicted molar refractivity (Wildman–Crippen MR) is 57.7 cm³/mol. The van der Waals surface area contributed by atoms with Crippen molar-refractivity contribution < 1.29 is 4.74 Å². The quantitative estimate of drug-likeness (QED) is 0.463. The number of ether oxygens (including phenoxy) is 1. The molecule has 0 unspecified atom stereocenters. The Bertz CT molecular complexity index is 152. The molecule has 0 spiro atoms. The fourth-order valence-electron chi connectivity index (χ4n) is 1.15. The summed E-state index contributed by atoms with van der Waals surface area (Å²) in [6.45, 7) is 5.17. The molecule has 0 bridgehead atoms. The van der Waals surface area contributed by atoms with Crippen molar-refractivity contribution in [1.29, 1.82) is 0 Å². The molecule has 0 radical (unpaired) electrons. The maximum Gasteiger partial charge on any atom is 0.0673 e. The second kappa shape index (κ2) is 9.49. The van der Waals surface area contributed by atoms with Crippen molar-refractivity contribution in [3.8, 4) is 0 Å². The lowest BCUT2D eigenvalue weighted by molar-refractivity contribution is 0.222. The van der Waals surface area contributed by atoms with E-state index in [0.717, 1.165) is 38.8 Å². The van der Waals surface area contributed by atoms with Gasteiger partial charge < -0.3 is 10.5 Å². The Labute approximate surface area is 81.5 Å². The minimum Gasteiger partial charge on any atom is -0.380 e. The van der Waals surface area contributed by atoms with Gasteiger partial charge in [0, 0.05) is 7.11 Å². The molecule has 0 amide bonds. The fraction of sp³-hybridized carbons (Fsp3) is 0.636. The van der Waals surface area contributed by atoms with Crippen LogP contribution in [0.4, 0.5) is 0 Å². The lowest BCUT2D eigenvalue weighted by Crippen LogP contribution is -2.01. The van der Waals surface area contributed by atoms with Crippen LogP contribution >= 0.6 is 0 Å². The van der Waals surface area contributed by atoms with Crippen LogP contribution in [-0.4, -0.2) is 20.3 Å². The number of nitrogens with two attached hydrogens (primary N) is 1. The van der Waals surface area contributed by atoms with Crippen molar-refractivity contribution in [3.63, 3.8) is 0 Å². The maximum absolute atomic E-state index is 5.44. The Hall–Kier alpha value is -0.600. The van der Waals surface area contributed by atoms with E-state index in [4.69, 9.17) is 10.5 Å².